The maximum Gasteiger partial charge on any atom is 0.228 e. The molecule has 0 radical (unpaired) electrons. The molecule has 21 heavy (non-hydrogen) atoms. The van der Waals surface area contributed by atoms with Crippen LogP contribution in [0.25, 0.3) is 0 Å². The van der Waals surface area contributed by atoms with Gasteiger partial charge in [0, 0.05) is 18.2 Å². The number of guanidine groups is 1. The van der Waals surface area contributed by atoms with Crippen molar-refractivity contribution in [3.8, 4) is 5.75 Å². The number of benzene rings is 1. The Morgan fingerprint density at radius 3 is 2.95 bits per heavy atom. The molecule has 0 aliphatic carbocycles. The summed E-state index contributed by atoms with van der Waals surface area (Å²) in [6.45, 7) is 2.25. The molecule has 2 rings (SSSR count). The quantitative estimate of drug-likeness (QED) is 0.450. The van der Waals surface area contributed by atoms with Crippen molar-refractivity contribution in [2.24, 2.45) is 10.7 Å². The van der Waals surface area contributed by atoms with Gasteiger partial charge in [0.25, 0.3) is 0 Å². The summed E-state index contributed by atoms with van der Waals surface area (Å²) in [7, 11) is 1.61. The highest BCUT2D eigenvalue weighted by Crippen LogP contribution is 2.16. The molecular formula is C13H18IN5O2. The molecule has 0 spiro atoms. The highest BCUT2D eigenvalue weighted by molar-refractivity contribution is 14.0. The number of nitrogens with two attached hydrogens (primary N) is 1. The summed E-state index contributed by atoms with van der Waals surface area (Å²) < 4.78 is 10.1. The number of hydrogen-bond acceptors (Lipinski definition) is 5. The van der Waals surface area contributed by atoms with Gasteiger partial charge < -0.3 is 20.3 Å². The number of aromatic nitrogens is 2. The van der Waals surface area contributed by atoms with Crippen LogP contribution >= 0.6 is 24.0 Å². The number of ether oxygens (including phenoxy) is 1. The Bertz CT molecular complexity index is 600. The van der Waals surface area contributed by atoms with E-state index in [0.29, 0.717) is 30.6 Å². The van der Waals surface area contributed by atoms with E-state index in [-0.39, 0.29) is 24.0 Å². The lowest BCUT2D eigenvalue weighted by molar-refractivity contribution is 0.376. The van der Waals surface area contributed by atoms with Gasteiger partial charge in [-0.1, -0.05) is 11.2 Å². The second-order valence-corrected chi connectivity index (χ2v) is 4.11. The normalized spacial score (nSPS) is 10.9. The monoisotopic (exact) mass is 403 g/mol. The Morgan fingerprint density at radius 1 is 1.48 bits per heavy atom. The third kappa shape index (κ3) is 5.58. The van der Waals surface area contributed by atoms with Crippen molar-refractivity contribution < 1.29 is 9.26 Å². The lowest BCUT2D eigenvalue weighted by atomic mass is 10.3. The SMILES string of the molecule is COc1cccc(NC(N)=NCCc2nc(C)no2)c1.I. The topological polar surface area (TPSA) is 98.6 Å². The van der Waals surface area contributed by atoms with Gasteiger partial charge in [0.05, 0.1) is 13.7 Å². The first kappa shape index (κ1) is 17.2. The Hall–Kier alpha value is -1.84. The van der Waals surface area contributed by atoms with E-state index in [1.54, 1.807) is 14.0 Å². The average Bonchev–Trinajstić information content (AvgIpc) is 2.84. The first-order chi connectivity index (χ1) is 9.67. The van der Waals surface area contributed by atoms with Crippen molar-refractivity contribution in [1.29, 1.82) is 0 Å². The van der Waals surface area contributed by atoms with Crippen molar-refractivity contribution in [3.63, 3.8) is 0 Å². The van der Waals surface area contributed by atoms with E-state index < -0.39 is 0 Å². The number of nitrogens with zero attached hydrogens (tertiary/aromatic N) is 3. The summed E-state index contributed by atoms with van der Waals surface area (Å²) in [4.78, 5) is 8.28. The van der Waals surface area contributed by atoms with E-state index in [9.17, 15) is 0 Å². The van der Waals surface area contributed by atoms with E-state index in [2.05, 4.69) is 20.4 Å². The molecule has 0 amide bonds. The smallest absolute Gasteiger partial charge is 0.228 e. The van der Waals surface area contributed by atoms with Gasteiger partial charge in [0.2, 0.25) is 5.89 Å². The zero-order valence-corrected chi connectivity index (χ0v) is 14.2. The fourth-order valence-corrected chi connectivity index (χ4v) is 1.60. The number of aliphatic imine (C=N–C) groups is 1. The molecule has 0 saturated heterocycles. The van der Waals surface area contributed by atoms with Gasteiger partial charge >= 0.3 is 0 Å². The average molecular weight is 403 g/mol. The lowest BCUT2D eigenvalue weighted by Crippen LogP contribution is -2.23. The van der Waals surface area contributed by atoms with Crippen molar-refractivity contribution in [2.45, 2.75) is 13.3 Å². The number of nitrogens with one attached hydrogen (secondary N) is 1. The van der Waals surface area contributed by atoms with E-state index in [1.807, 2.05) is 24.3 Å². The standard InChI is InChI=1S/C13H17N5O2.HI/c1-9-16-12(20-18-9)6-7-15-13(14)17-10-4-3-5-11(8-10)19-2;/h3-5,8H,6-7H2,1-2H3,(H3,14,15,17);1H. The van der Waals surface area contributed by atoms with Crippen LogP contribution in [0.15, 0.2) is 33.8 Å². The molecule has 1 aromatic carbocycles. The van der Waals surface area contributed by atoms with Crippen LogP contribution in [0, 0.1) is 6.92 Å². The zero-order valence-electron chi connectivity index (χ0n) is 11.9. The van der Waals surface area contributed by atoms with E-state index >= 15 is 0 Å². The maximum absolute atomic E-state index is 5.80. The van der Waals surface area contributed by atoms with Crippen LogP contribution in [0.4, 0.5) is 5.69 Å². The molecule has 0 fully saturated rings. The molecule has 7 nitrogen and oxygen atoms in total. The Morgan fingerprint density at radius 2 is 2.29 bits per heavy atom. The fourth-order valence-electron chi connectivity index (χ4n) is 1.60. The molecule has 0 aliphatic rings. The third-order valence-electron chi connectivity index (χ3n) is 2.52. The van der Waals surface area contributed by atoms with Crippen molar-refractivity contribution in [1.82, 2.24) is 10.1 Å². The minimum absolute atomic E-state index is 0. The molecule has 0 bridgehead atoms. The van der Waals surface area contributed by atoms with Gasteiger partial charge in [-0.05, 0) is 19.1 Å². The van der Waals surface area contributed by atoms with Crippen LogP contribution in [0.3, 0.4) is 0 Å². The van der Waals surface area contributed by atoms with Crippen LogP contribution in [0.1, 0.15) is 11.7 Å². The number of hydrogen-bond donors (Lipinski definition) is 2. The number of anilines is 1. The second kappa shape index (κ2) is 8.45. The Balaban J connectivity index is 0.00000220. The molecule has 0 saturated carbocycles. The van der Waals surface area contributed by atoms with Gasteiger partial charge in [-0.25, -0.2) is 0 Å². The summed E-state index contributed by atoms with van der Waals surface area (Å²) in [6, 6.07) is 7.45. The molecule has 114 valence electrons. The van der Waals surface area contributed by atoms with Crippen molar-refractivity contribution in [3.05, 3.63) is 36.0 Å². The molecule has 1 aromatic heterocycles. The largest absolute Gasteiger partial charge is 0.497 e. The number of methoxy groups -OCH3 is 1. The predicted octanol–water partition coefficient (Wildman–Crippen LogP) is 1.97. The van der Waals surface area contributed by atoms with Crippen molar-refractivity contribution in [2.75, 3.05) is 19.0 Å². The number of halogens is 1. The minimum Gasteiger partial charge on any atom is -0.497 e. The van der Waals surface area contributed by atoms with Gasteiger partial charge in [0.1, 0.15) is 5.75 Å². The van der Waals surface area contributed by atoms with Gasteiger partial charge in [-0.2, -0.15) is 4.98 Å². The molecular weight excluding hydrogens is 385 g/mol. The van der Waals surface area contributed by atoms with Crippen LogP contribution in [0.2, 0.25) is 0 Å². The molecule has 0 atom stereocenters. The summed E-state index contributed by atoms with van der Waals surface area (Å²) in [5, 5.41) is 6.70. The maximum atomic E-state index is 5.80. The Kier molecular flexibility index (Phi) is 6.92. The molecule has 8 heteroatoms. The number of rotatable bonds is 5. The highest BCUT2D eigenvalue weighted by Gasteiger charge is 2.02. The van der Waals surface area contributed by atoms with Crippen molar-refractivity contribution >= 4 is 35.6 Å². The number of aryl methyl sites for hydroxylation is 1. The van der Waals surface area contributed by atoms with Crippen LogP contribution < -0.4 is 15.8 Å². The predicted molar refractivity (Wildman–Crippen MR) is 91.3 cm³/mol. The van der Waals surface area contributed by atoms with Crippen LogP contribution in [0.5, 0.6) is 5.75 Å². The third-order valence-corrected chi connectivity index (χ3v) is 2.52. The first-order valence-electron chi connectivity index (χ1n) is 6.17. The molecule has 3 N–H and O–H groups in total. The molecule has 0 aliphatic heterocycles. The summed E-state index contributed by atoms with van der Waals surface area (Å²) >= 11 is 0. The zero-order chi connectivity index (χ0) is 14.4. The van der Waals surface area contributed by atoms with Gasteiger partial charge in [0.15, 0.2) is 11.8 Å². The first-order valence-corrected chi connectivity index (χ1v) is 6.17. The van der Waals surface area contributed by atoms with Gasteiger partial charge in [-0.15, -0.1) is 24.0 Å². The Labute approximate surface area is 140 Å². The summed E-state index contributed by atoms with van der Waals surface area (Å²) in [5.74, 6) is 2.26. The van der Waals surface area contributed by atoms with E-state index in [1.165, 1.54) is 0 Å². The van der Waals surface area contributed by atoms with Crippen LogP contribution in [-0.2, 0) is 6.42 Å². The molecule has 1 heterocycles. The lowest BCUT2D eigenvalue weighted by Gasteiger charge is -2.06. The summed E-state index contributed by atoms with van der Waals surface area (Å²) in [6.07, 6.45) is 0.557. The highest BCUT2D eigenvalue weighted by atomic mass is 127. The van der Waals surface area contributed by atoms with Gasteiger partial charge in [-0.3, -0.25) is 4.99 Å². The molecule has 2 aromatic rings. The fraction of sp³-hybridized carbons (Fsp3) is 0.308. The van der Waals surface area contributed by atoms with Crippen LogP contribution in [-0.4, -0.2) is 29.8 Å². The summed E-state index contributed by atoms with van der Waals surface area (Å²) in [5.41, 5.74) is 6.62. The van der Waals surface area contributed by atoms with E-state index in [0.717, 1.165) is 11.4 Å². The molecule has 0 unspecified atom stereocenters. The van der Waals surface area contributed by atoms with E-state index in [4.69, 9.17) is 15.0 Å². The second-order valence-electron chi connectivity index (χ2n) is 4.11. The minimum atomic E-state index is 0.